The van der Waals surface area contributed by atoms with E-state index in [0.29, 0.717) is 17.9 Å². The highest BCUT2D eigenvalue weighted by atomic mass is 19.1. The van der Waals surface area contributed by atoms with E-state index in [1.54, 1.807) is 6.07 Å². The first-order valence-corrected chi connectivity index (χ1v) is 6.85. The maximum absolute atomic E-state index is 13.6. The van der Waals surface area contributed by atoms with Crippen LogP contribution in [0.5, 0.6) is 0 Å². The number of halogens is 2. The fraction of sp³-hybridized carbons (Fsp3) is 0.500. The third kappa shape index (κ3) is 4.13. The van der Waals surface area contributed by atoms with Crippen molar-refractivity contribution < 1.29 is 8.78 Å². The third-order valence-electron chi connectivity index (χ3n) is 3.62. The van der Waals surface area contributed by atoms with Gasteiger partial charge in [0.1, 0.15) is 11.6 Å². The van der Waals surface area contributed by atoms with Crippen molar-refractivity contribution in [2.75, 3.05) is 19.6 Å². The van der Waals surface area contributed by atoms with E-state index in [-0.39, 0.29) is 0 Å². The van der Waals surface area contributed by atoms with Crippen molar-refractivity contribution in [1.29, 1.82) is 0 Å². The molecule has 0 radical (unpaired) electrons. The number of hydrogen-bond donors (Lipinski definition) is 0. The molecule has 0 aromatic heterocycles. The molecule has 1 aliphatic heterocycles. The standard InChI is InChI=1S/C16H21F2N/c1-12(2)10-19-7-3-4-13(11-19)8-14-5-6-15(17)9-16(14)18/h5-6,9,13H,1,3-4,7-8,10-11H2,2H3. The summed E-state index contributed by atoms with van der Waals surface area (Å²) in [5.41, 5.74) is 1.79. The summed E-state index contributed by atoms with van der Waals surface area (Å²) in [6.45, 7) is 8.96. The molecule has 1 fully saturated rings. The molecule has 0 aliphatic carbocycles. The molecule has 0 N–H and O–H groups in total. The Balaban J connectivity index is 1.96. The largest absolute Gasteiger partial charge is 0.299 e. The van der Waals surface area contributed by atoms with E-state index in [9.17, 15) is 8.78 Å². The van der Waals surface area contributed by atoms with Gasteiger partial charge >= 0.3 is 0 Å². The Morgan fingerprint density at radius 1 is 1.42 bits per heavy atom. The zero-order valence-corrected chi connectivity index (χ0v) is 11.5. The summed E-state index contributed by atoms with van der Waals surface area (Å²) in [5, 5.41) is 0. The SMILES string of the molecule is C=C(C)CN1CCCC(Cc2ccc(F)cc2F)C1. The van der Waals surface area contributed by atoms with E-state index in [1.165, 1.54) is 6.07 Å². The third-order valence-corrected chi connectivity index (χ3v) is 3.62. The molecular formula is C16H21F2N. The molecule has 0 amide bonds. The van der Waals surface area contributed by atoms with Crippen molar-refractivity contribution in [3.63, 3.8) is 0 Å². The van der Waals surface area contributed by atoms with E-state index in [2.05, 4.69) is 11.5 Å². The van der Waals surface area contributed by atoms with Gasteiger partial charge in [-0.05, 0) is 50.3 Å². The molecule has 104 valence electrons. The highest BCUT2D eigenvalue weighted by Crippen LogP contribution is 2.23. The normalized spacial score (nSPS) is 20.5. The Morgan fingerprint density at radius 2 is 2.21 bits per heavy atom. The Hall–Kier alpha value is -1.22. The van der Waals surface area contributed by atoms with Crippen molar-refractivity contribution in [1.82, 2.24) is 4.90 Å². The second-order valence-corrected chi connectivity index (χ2v) is 5.64. The second-order valence-electron chi connectivity index (χ2n) is 5.64. The summed E-state index contributed by atoms with van der Waals surface area (Å²) in [4.78, 5) is 2.37. The number of piperidine rings is 1. The van der Waals surface area contributed by atoms with Gasteiger partial charge in [0, 0.05) is 19.2 Å². The summed E-state index contributed by atoms with van der Waals surface area (Å²) < 4.78 is 26.5. The minimum absolute atomic E-state index is 0.419. The molecule has 0 saturated carbocycles. The lowest BCUT2D eigenvalue weighted by Gasteiger charge is -2.33. The van der Waals surface area contributed by atoms with Gasteiger partial charge in [-0.1, -0.05) is 18.2 Å². The van der Waals surface area contributed by atoms with Crippen LogP contribution in [0, 0.1) is 17.6 Å². The van der Waals surface area contributed by atoms with Crippen molar-refractivity contribution in [2.24, 2.45) is 5.92 Å². The maximum Gasteiger partial charge on any atom is 0.129 e. The van der Waals surface area contributed by atoms with E-state index < -0.39 is 11.6 Å². The van der Waals surface area contributed by atoms with Gasteiger partial charge in [0.05, 0.1) is 0 Å². The molecule has 1 aliphatic rings. The molecule has 1 aromatic carbocycles. The van der Waals surface area contributed by atoms with E-state index in [1.807, 2.05) is 6.92 Å². The maximum atomic E-state index is 13.6. The lowest BCUT2D eigenvalue weighted by atomic mass is 9.91. The van der Waals surface area contributed by atoms with Crippen LogP contribution in [0.2, 0.25) is 0 Å². The van der Waals surface area contributed by atoms with E-state index in [0.717, 1.165) is 44.1 Å². The quantitative estimate of drug-likeness (QED) is 0.749. The highest BCUT2D eigenvalue weighted by molar-refractivity contribution is 5.19. The molecule has 1 unspecified atom stereocenters. The van der Waals surface area contributed by atoms with Crippen LogP contribution in [0.1, 0.15) is 25.3 Å². The first kappa shape index (κ1) is 14.2. The van der Waals surface area contributed by atoms with E-state index in [4.69, 9.17) is 0 Å². The Labute approximate surface area is 113 Å². The molecule has 0 spiro atoms. The first-order valence-electron chi connectivity index (χ1n) is 6.85. The minimum atomic E-state index is -0.506. The number of likely N-dealkylation sites (tertiary alicyclic amines) is 1. The zero-order chi connectivity index (χ0) is 13.8. The Morgan fingerprint density at radius 3 is 2.89 bits per heavy atom. The van der Waals surface area contributed by atoms with Crippen molar-refractivity contribution in [3.8, 4) is 0 Å². The van der Waals surface area contributed by atoms with Crippen molar-refractivity contribution in [2.45, 2.75) is 26.2 Å². The van der Waals surface area contributed by atoms with Crippen LogP contribution in [0.3, 0.4) is 0 Å². The van der Waals surface area contributed by atoms with Gasteiger partial charge in [0.25, 0.3) is 0 Å². The Kier molecular flexibility index (Phi) is 4.70. The predicted octanol–water partition coefficient (Wildman–Crippen LogP) is 3.80. The molecule has 19 heavy (non-hydrogen) atoms. The van der Waals surface area contributed by atoms with Gasteiger partial charge in [-0.25, -0.2) is 8.78 Å². The second kappa shape index (κ2) is 6.29. The van der Waals surface area contributed by atoms with E-state index >= 15 is 0 Å². The summed E-state index contributed by atoms with van der Waals surface area (Å²) in [7, 11) is 0. The monoisotopic (exact) mass is 265 g/mol. The van der Waals surface area contributed by atoms with Crippen LogP contribution in [0.15, 0.2) is 30.4 Å². The smallest absolute Gasteiger partial charge is 0.129 e. The average molecular weight is 265 g/mol. The average Bonchev–Trinajstić information content (AvgIpc) is 2.32. The summed E-state index contributed by atoms with van der Waals surface area (Å²) in [5.74, 6) is -0.473. The molecule has 1 heterocycles. The van der Waals surface area contributed by atoms with Crippen LogP contribution in [-0.2, 0) is 6.42 Å². The molecule has 3 heteroatoms. The topological polar surface area (TPSA) is 3.24 Å². The summed E-state index contributed by atoms with van der Waals surface area (Å²) in [6, 6.07) is 3.89. The van der Waals surface area contributed by atoms with Gasteiger partial charge in [0.2, 0.25) is 0 Å². The van der Waals surface area contributed by atoms with Gasteiger partial charge < -0.3 is 0 Å². The molecule has 0 bridgehead atoms. The van der Waals surface area contributed by atoms with Crippen LogP contribution in [-0.4, -0.2) is 24.5 Å². The fourth-order valence-electron chi connectivity index (χ4n) is 2.84. The minimum Gasteiger partial charge on any atom is -0.299 e. The number of nitrogens with zero attached hydrogens (tertiary/aromatic N) is 1. The molecular weight excluding hydrogens is 244 g/mol. The number of hydrogen-bond acceptors (Lipinski definition) is 1. The molecule has 1 saturated heterocycles. The van der Waals surface area contributed by atoms with Crippen molar-refractivity contribution in [3.05, 3.63) is 47.5 Å². The van der Waals surface area contributed by atoms with Crippen LogP contribution in [0.4, 0.5) is 8.78 Å². The molecule has 2 rings (SSSR count). The Bertz CT molecular complexity index is 456. The van der Waals surface area contributed by atoms with Crippen molar-refractivity contribution >= 4 is 0 Å². The first-order chi connectivity index (χ1) is 9.04. The van der Waals surface area contributed by atoms with Crippen LogP contribution < -0.4 is 0 Å². The molecule has 1 aromatic rings. The molecule has 1 atom stereocenters. The van der Waals surface area contributed by atoms with Gasteiger partial charge in [-0.2, -0.15) is 0 Å². The summed E-state index contributed by atoms with van der Waals surface area (Å²) in [6.07, 6.45) is 2.95. The number of benzene rings is 1. The summed E-state index contributed by atoms with van der Waals surface area (Å²) >= 11 is 0. The predicted molar refractivity (Wildman–Crippen MR) is 74.0 cm³/mol. The van der Waals surface area contributed by atoms with Crippen LogP contribution in [0.25, 0.3) is 0 Å². The molecule has 1 nitrogen and oxygen atoms in total. The zero-order valence-electron chi connectivity index (χ0n) is 11.5. The van der Waals surface area contributed by atoms with Gasteiger partial charge in [-0.3, -0.25) is 4.90 Å². The van der Waals surface area contributed by atoms with Gasteiger partial charge in [-0.15, -0.1) is 0 Å². The van der Waals surface area contributed by atoms with Crippen LogP contribution >= 0.6 is 0 Å². The highest BCUT2D eigenvalue weighted by Gasteiger charge is 2.21. The lowest BCUT2D eigenvalue weighted by molar-refractivity contribution is 0.186. The fourth-order valence-corrected chi connectivity index (χ4v) is 2.84. The lowest BCUT2D eigenvalue weighted by Crippen LogP contribution is -2.37. The van der Waals surface area contributed by atoms with Gasteiger partial charge in [0.15, 0.2) is 0 Å². The number of rotatable bonds is 4.